The second kappa shape index (κ2) is 10.5. The van der Waals surface area contributed by atoms with Gasteiger partial charge in [0.25, 0.3) is 5.69 Å². The Kier molecular flexibility index (Phi) is 8.62. The molecule has 2 aromatic rings. The molecule has 2 aromatic carbocycles. The number of anilines is 1. The van der Waals surface area contributed by atoms with Gasteiger partial charge in [-0.1, -0.05) is 11.6 Å². The Morgan fingerprint density at radius 1 is 1.00 bits per heavy atom. The molecular weight excluding hydrogens is 517 g/mol. The molecule has 1 unspecified atom stereocenters. The van der Waals surface area contributed by atoms with Gasteiger partial charge in [0.2, 0.25) is 0 Å². The lowest BCUT2D eigenvalue weighted by Gasteiger charge is -2.29. The Hall–Kier alpha value is -2.34. The number of halogens is 7. The van der Waals surface area contributed by atoms with Crippen LogP contribution in [0.5, 0.6) is 0 Å². The van der Waals surface area contributed by atoms with E-state index in [9.17, 15) is 41.0 Å². The van der Waals surface area contributed by atoms with Crippen LogP contribution in [0.1, 0.15) is 36.3 Å². The van der Waals surface area contributed by atoms with Crippen LogP contribution in [-0.4, -0.2) is 18.1 Å². The first-order chi connectivity index (χ1) is 15.6. The predicted molar refractivity (Wildman–Crippen MR) is 112 cm³/mol. The summed E-state index contributed by atoms with van der Waals surface area (Å²) in [4.78, 5) is 10.2. The zero-order valence-electron chi connectivity index (χ0n) is 17.5. The van der Waals surface area contributed by atoms with Gasteiger partial charge in [0, 0.05) is 11.8 Å². The van der Waals surface area contributed by atoms with Crippen LogP contribution in [0.2, 0.25) is 5.02 Å². The van der Waals surface area contributed by atoms with Gasteiger partial charge in [-0.3, -0.25) is 14.7 Å². The van der Waals surface area contributed by atoms with Crippen molar-refractivity contribution >= 4 is 30.6 Å². The van der Waals surface area contributed by atoms with Gasteiger partial charge in [0.05, 0.1) is 29.3 Å². The highest BCUT2D eigenvalue weighted by Crippen LogP contribution is 2.61. The number of rotatable bonds is 9. The van der Waals surface area contributed by atoms with Crippen LogP contribution >= 0.6 is 19.2 Å². The first-order valence-electron chi connectivity index (χ1n) is 9.51. The maximum absolute atomic E-state index is 13.5. The van der Waals surface area contributed by atoms with Crippen molar-refractivity contribution in [1.82, 2.24) is 0 Å². The van der Waals surface area contributed by atoms with Crippen molar-refractivity contribution in [3.8, 4) is 0 Å². The van der Waals surface area contributed by atoms with Gasteiger partial charge in [-0.25, -0.2) is 0 Å². The number of benzene rings is 2. The fourth-order valence-electron chi connectivity index (χ4n) is 2.93. The fraction of sp³-hybridized carbons (Fsp3) is 0.368. The van der Waals surface area contributed by atoms with Gasteiger partial charge < -0.3 is 14.4 Å². The van der Waals surface area contributed by atoms with Crippen LogP contribution in [0.25, 0.3) is 0 Å². The van der Waals surface area contributed by atoms with Gasteiger partial charge >= 0.3 is 19.9 Å². The topological polar surface area (TPSA) is 90.7 Å². The maximum atomic E-state index is 13.5. The Morgan fingerprint density at radius 2 is 1.50 bits per heavy atom. The van der Waals surface area contributed by atoms with Crippen LogP contribution in [-0.2, 0) is 26.0 Å². The minimum absolute atomic E-state index is 0.0619. The van der Waals surface area contributed by atoms with Gasteiger partial charge in [0.15, 0.2) is 5.78 Å². The summed E-state index contributed by atoms with van der Waals surface area (Å²) in [5.74, 6) is -1.66. The fourth-order valence-corrected chi connectivity index (χ4v) is 5.11. The molecule has 34 heavy (non-hydrogen) atoms. The Morgan fingerprint density at radius 3 is 1.88 bits per heavy atom. The van der Waals surface area contributed by atoms with E-state index in [1.54, 1.807) is 0 Å². The molecule has 0 bridgehead atoms. The number of nitro groups is 1. The Bertz CT molecular complexity index is 1050. The smallest absolute Gasteiger partial charge is 0.368 e. The highest BCUT2D eigenvalue weighted by molar-refractivity contribution is 7.54. The van der Waals surface area contributed by atoms with Gasteiger partial charge in [-0.05, 0) is 49.7 Å². The third-order valence-electron chi connectivity index (χ3n) is 4.31. The minimum Gasteiger partial charge on any atom is -0.368 e. The normalized spacial score (nSPS) is 13.6. The largest absolute Gasteiger partial charge is 0.416 e. The highest BCUT2D eigenvalue weighted by Gasteiger charge is 2.40. The van der Waals surface area contributed by atoms with Gasteiger partial charge in [-0.2, -0.15) is 26.3 Å². The lowest BCUT2D eigenvalue weighted by molar-refractivity contribution is -0.384. The van der Waals surface area contributed by atoms with Crippen LogP contribution in [0.15, 0.2) is 36.4 Å². The van der Waals surface area contributed by atoms with Crippen LogP contribution in [0, 0.1) is 10.1 Å². The van der Waals surface area contributed by atoms with E-state index in [0.717, 1.165) is 18.2 Å². The molecule has 1 atom stereocenters. The Labute approximate surface area is 194 Å². The molecule has 0 spiro atoms. The zero-order chi connectivity index (χ0) is 25.9. The quantitative estimate of drug-likeness (QED) is 0.154. The molecule has 7 nitrogen and oxygen atoms in total. The number of nitro benzene ring substituents is 1. The molecular formula is C19H18ClF6N2O5P. The molecule has 0 aliphatic rings. The molecule has 188 valence electrons. The molecule has 0 saturated heterocycles. The van der Waals surface area contributed by atoms with E-state index in [0.29, 0.717) is 12.1 Å². The van der Waals surface area contributed by atoms with E-state index in [1.807, 2.05) is 0 Å². The molecule has 0 fully saturated rings. The molecule has 0 saturated carbocycles. The summed E-state index contributed by atoms with van der Waals surface area (Å²) in [5.41, 5.74) is -4.51. The number of nitrogens with zero attached hydrogens (tertiary/aromatic N) is 1. The van der Waals surface area contributed by atoms with E-state index in [1.165, 1.54) is 13.8 Å². The molecule has 15 heteroatoms. The second-order valence-corrected chi connectivity index (χ2v) is 9.20. The average molecular weight is 535 g/mol. The number of hydrogen-bond donors (Lipinski definition) is 1. The first-order valence-corrected chi connectivity index (χ1v) is 11.5. The lowest BCUT2D eigenvalue weighted by atomic mass is 10.1. The standard InChI is InChI=1S/C19H18ClF6N2O5P/c1-3-32-34(31,33-4-2)17(11-5-6-16(28(29)30)15(20)7-11)27-14-9-12(18(21,22)23)8-13(10-14)19(24,25)26/h5-10,17,27H,3-4H2,1-2H3. The molecule has 0 aliphatic heterocycles. The molecule has 2 rings (SSSR count). The lowest BCUT2D eigenvalue weighted by Crippen LogP contribution is -2.17. The van der Waals surface area contributed by atoms with E-state index < -0.39 is 58.2 Å². The van der Waals surface area contributed by atoms with Crippen molar-refractivity contribution < 1.29 is 44.9 Å². The summed E-state index contributed by atoms with van der Waals surface area (Å²) in [5, 5.41) is 13.0. The first kappa shape index (κ1) is 27.9. The molecule has 1 N–H and O–H groups in total. The summed E-state index contributed by atoms with van der Waals surface area (Å²) < 4.78 is 104. The summed E-state index contributed by atoms with van der Waals surface area (Å²) in [6.07, 6.45) is -10.2. The van der Waals surface area contributed by atoms with Crippen LogP contribution in [0.4, 0.5) is 37.7 Å². The van der Waals surface area contributed by atoms with Crippen molar-refractivity contribution in [2.24, 2.45) is 0 Å². The molecule has 0 radical (unpaired) electrons. The second-order valence-electron chi connectivity index (χ2n) is 6.68. The van der Waals surface area contributed by atoms with Crippen molar-refractivity contribution in [3.05, 3.63) is 68.2 Å². The number of alkyl halides is 6. The van der Waals surface area contributed by atoms with E-state index in [4.69, 9.17) is 20.6 Å². The predicted octanol–water partition coefficient (Wildman–Crippen LogP) is 7.66. The summed E-state index contributed by atoms with van der Waals surface area (Å²) in [6.45, 7) is 2.51. The van der Waals surface area contributed by atoms with Gasteiger partial charge in [-0.15, -0.1) is 0 Å². The maximum Gasteiger partial charge on any atom is 0.416 e. The Balaban J connectivity index is 2.71. The third kappa shape index (κ3) is 6.62. The summed E-state index contributed by atoms with van der Waals surface area (Å²) >= 11 is 5.91. The van der Waals surface area contributed by atoms with Crippen LogP contribution in [0.3, 0.4) is 0 Å². The van der Waals surface area contributed by atoms with Crippen molar-refractivity contribution in [3.63, 3.8) is 0 Å². The van der Waals surface area contributed by atoms with E-state index in [-0.39, 0.29) is 24.8 Å². The minimum atomic E-state index is -5.12. The molecule has 0 amide bonds. The van der Waals surface area contributed by atoms with Crippen LogP contribution < -0.4 is 5.32 Å². The summed E-state index contributed by atoms with van der Waals surface area (Å²) in [6, 6.07) is 3.77. The van der Waals surface area contributed by atoms with Crippen molar-refractivity contribution in [1.29, 1.82) is 0 Å². The number of hydrogen-bond acceptors (Lipinski definition) is 6. The molecule has 0 aromatic heterocycles. The monoisotopic (exact) mass is 534 g/mol. The van der Waals surface area contributed by atoms with Gasteiger partial charge in [0.1, 0.15) is 5.02 Å². The molecule has 0 heterocycles. The number of nitrogens with one attached hydrogen (secondary N) is 1. The summed E-state index contributed by atoms with van der Waals surface area (Å²) in [7, 11) is -4.29. The van der Waals surface area contributed by atoms with Crippen molar-refractivity contribution in [2.45, 2.75) is 32.0 Å². The average Bonchev–Trinajstić information content (AvgIpc) is 2.70. The van der Waals surface area contributed by atoms with Crippen molar-refractivity contribution in [2.75, 3.05) is 18.5 Å². The molecule has 0 aliphatic carbocycles. The van der Waals surface area contributed by atoms with E-state index in [2.05, 4.69) is 5.32 Å². The highest BCUT2D eigenvalue weighted by atomic mass is 35.5. The SMILES string of the molecule is CCOP(=O)(OCC)C(Nc1cc(C(F)(F)F)cc(C(F)(F)F)c1)c1ccc([N+](=O)[O-])c(Cl)c1. The third-order valence-corrected chi connectivity index (χ3v) is 6.91. The van der Waals surface area contributed by atoms with E-state index >= 15 is 0 Å². The zero-order valence-corrected chi connectivity index (χ0v) is 19.2.